The lowest BCUT2D eigenvalue weighted by Gasteiger charge is -2.42. The van der Waals surface area contributed by atoms with Gasteiger partial charge in [-0.1, -0.05) is 51.8 Å². The van der Waals surface area contributed by atoms with Crippen LogP contribution in [-0.4, -0.2) is 58.9 Å². The number of phenolic OH excluding ortho intramolecular Hbond substituents is 2. The summed E-state index contributed by atoms with van der Waals surface area (Å²) in [7, 11) is 1.70. The molecule has 8 atom stereocenters. The zero-order valence-corrected chi connectivity index (χ0v) is 34.1. The Morgan fingerprint density at radius 1 is 0.965 bits per heavy atom. The van der Waals surface area contributed by atoms with Gasteiger partial charge < -0.3 is 46.1 Å². The molecule has 10 heteroatoms. The van der Waals surface area contributed by atoms with Gasteiger partial charge in [0.05, 0.1) is 13.2 Å². The number of aliphatic imine (C=N–C) groups is 1. The summed E-state index contributed by atoms with van der Waals surface area (Å²) in [6, 6.07) is 11.3. The van der Waals surface area contributed by atoms with Gasteiger partial charge in [-0.05, 0) is 139 Å². The number of allylic oxidation sites excluding steroid dienone is 2. The van der Waals surface area contributed by atoms with Gasteiger partial charge in [0.1, 0.15) is 29.5 Å². The number of hydrogen-bond donors (Lipinski definition) is 6. The number of ether oxygens (including phenoxy) is 3. The van der Waals surface area contributed by atoms with Crippen molar-refractivity contribution in [1.82, 2.24) is 0 Å². The van der Waals surface area contributed by atoms with Crippen LogP contribution in [0.4, 0.5) is 0 Å². The van der Waals surface area contributed by atoms with Crippen LogP contribution in [0.25, 0.3) is 11.1 Å². The Morgan fingerprint density at radius 3 is 2.51 bits per heavy atom. The minimum Gasteiger partial charge on any atom is -0.508 e. The molecule has 1 aliphatic heterocycles. The molecule has 308 valence electrons. The first-order chi connectivity index (χ1) is 27.5. The molecule has 0 spiro atoms. The second-order valence-electron chi connectivity index (χ2n) is 17.4. The quantitative estimate of drug-likeness (QED) is 0.0574. The third kappa shape index (κ3) is 8.58. The van der Waals surface area contributed by atoms with E-state index in [1.807, 2.05) is 18.2 Å². The monoisotopic (exact) mass is 781 g/mol. The molecule has 8 N–H and O–H groups in total. The Bertz CT molecular complexity index is 1960. The second kappa shape index (κ2) is 17.6. The average Bonchev–Trinajstić information content (AvgIpc) is 3.19. The number of aliphatic hydroxyl groups is 2. The maximum Gasteiger partial charge on any atom is 0.185 e. The van der Waals surface area contributed by atoms with Gasteiger partial charge in [-0.25, -0.2) is 0 Å². The number of nitrogens with two attached hydrogens (primary N) is 2. The van der Waals surface area contributed by atoms with Gasteiger partial charge in [-0.15, -0.1) is 0 Å². The number of hydrogen-bond acceptors (Lipinski definition) is 8. The van der Waals surface area contributed by atoms with Gasteiger partial charge >= 0.3 is 0 Å². The molecule has 1 saturated carbocycles. The average molecular weight is 782 g/mol. The summed E-state index contributed by atoms with van der Waals surface area (Å²) in [6.07, 6.45) is 12.5. The van der Waals surface area contributed by atoms with Crippen LogP contribution in [0.1, 0.15) is 112 Å². The Balaban J connectivity index is 1.26. The molecule has 3 aromatic rings. The fraction of sp³-hybridized carbons (Fsp3) is 0.553. The summed E-state index contributed by atoms with van der Waals surface area (Å²) < 4.78 is 19.6. The van der Waals surface area contributed by atoms with Crippen LogP contribution in [0.3, 0.4) is 0 Å². The fourth-order valence-electron chi connectivity index (χ4n) is 10.3. The van der Waals surface area contributed by atoms with Gasteiger partial charge in [0.2, 0.25) is 0 Å². The SMILES string of the molecule is CC[C@H]1C[C@H]([C@@H]2Cc3cc(O)c(CC(C)C)cc3-c3c(OC)cc4c(c32)C[C@@H](O)[C@H](c2ccc(O)c(O[C@@H]3CCCC[C@@H]3CCN=C(N)N)c2)O4)C=C[C@H]1CCO. The van der Waals surface area contributed by atoms with Crippen LogP contribution in [-0.2, 0) is 19.3 Å². The molecule has 7 rings (SSSR count). The van der Waals surface area contributed by atoms with E-state index in [0.717, 1.165) is 103 Å². The Morgan fingerprint density at radius 2 is 1.77 bits per heavy atom. The highest BCUT2D eigenvalue weighted by Gasteiger charge is 2.42. The van der Waals surface area contributed by atoms with Gasteiger partial charge in [0, 0.05) is 36.8 Å². The molecule has 1 fully saturated rings. The molecule has 0 aromatic heterocycles. The van der Waals surface area contributed by atoms with Crippen molar-refractivity contribution in [3.05, 3.63) is 76.4 Å². The molecule has 4 aliphatic rings. The van der Waals surface area contributed by atoms with E-state index in [-0.39, 0.29) is 42.2 Å². The number of aliphatic hydroxyl groups excluding tert-OH is 2. The van der Waals surface area contributed by atoms with E-state index >= 15 is 0 Å². The zero-order chi connectivity index (χ0) is 40.4. The van der Waals surface area contributed by atoms with Crippen molar-refractivity contribution in [3.63, 3.8) is 0 Å². The summed E-state index contributed by atoms with van der Waals surface area (Å²) in [5.41, 5.74) is 18.1. The van der Waals surface area contributed by atoms with Gasteiger partial charge in [0.15, 0.2) is 17.5 Å². The van der Waals surface area contributed by atoms with E-state index in [9.17, 15) is 20.4 Å². The van der Waals surface area contributed by atoms with Crippen LogP contribution < -0.4 is 25.7 Å². The van der Waals surface area contributed by atoms with E-state index in [1.54, 1.807) is 19.2 Å². The summed E-state index contributed by atoms with van der Waals surface area (Å²) in [4.78, 5) is 4.19. The van der Waals surface area contributed by atoms with Crippen molar-refractivity contribution in [2.45, 2.75) is 116 Å². The van der Waals surface area contributed by atoms with E-state index in [0.29, 0.717) is 53.7 Å². The molecule has 0 unspecified atom stereocenters. The maximum absolute atomic E-state index is 12.0. The molecule has 10 nitrogen and oxygen atoms in total. The smallest absolute Gasteiger partial charge is 0.185 e. The van der Waals surface area contributed by atoms with Crippen molar-refractivity contribution >= 4 is 5.96 Å². The van der Waals surface area contributed by atoms with E-state index in [1.165, 1.54) is 0 Å². The van der Waals surface area contributed by atoms with E-state index in [4.69, 9.17) is 25.7 Å². The highest BCUT2D eigenvalue weighted by Crippen LogP contribution is 2.56. The summed E-state index contributed by atoms with van der Waals surface area (Å²) in [5.74, 6) is 3.90. The molecule has 3 aliphatic carbocycles. The van der Waals surface area contributed by atoms with Crippen LogP contribution in [0.15, 0.2) is 53.5 Å². The first-order valence-corrected chi connectivity index (χ1v) is 21.3. The van der Waals surface area contributed by atoms with Crippen LogP contribution in [0.2, 0.25) is 0 Å². The predicted octanol–water partition coefficient (Wildman–Crippen LogP) is 7.85. The predicted molar refractivity (Wildman–Crippen MR) is 224 cm³/mol. The maximum atomic E-state index is 12.0. The standard InChI is InChI=1S/C47H63N3O7/c1-5-27-19-30(11-10-28(27)15-17-51)34-20-32-22-38(53)33(18-26(2)3)21-35(32)45-43(55-4)25-41-36(44(34)45)24-39(54)46(57-41)31-12-13-37(52)42(23-31)56-40-9-7-6-8-29(40)14-16-50-47(48)49/h10-13,21-23,25-30,34,39-40,46,51-54H,5-9,14-20,24H2,1-4H3,(H4,48,49,50)/t27-,28-,29+,30+,34-,39+,40+,46-/m0/s1. The molecule has 57 heavy (non-hydrogen) atoms. The van der Waals surface area contributed by atoms with Crippen molar-refractivity contribution in [1.29, 1.82) is 0 Å². The molecule has 0 bridgehead atoms. The number of benzene rings is 3. The number of fused-ring (bicyclic) bond motifs is 5. The van der Waals surface area contributed by atoms with Gasteiger partial charge in [0.25, 0.3) is 0 Å². The minimum absolute atomic E-state index is 0.0465. The normalized spacial score (nSPS) is 26.5. The van der Waals surface area contributed by atoms with Crippen molar-refractivity contribution in [2.24, 2.45) is 46.0 Å². The van der Waals surface area contributed by atoms with Crippen molar-refractivity contribution in [3.8, 4) is 39.9 Å². The van der Waals surface area contributed by atoms with Crippen LogP contribution in [0, 0.1) is 29.6 Å². The van der Waals surface area contributed by atoms with Gasteiger partial charge in [-0.3, -0.25) is 4.99 Å². The summed E-state index contributed by atoms with van der Waals surface area (Å²) in [6.45, 7) is 7.26. The van der Waals surface area contributed by atoms with E-state index in [2.05, 4.69) is 44.0 Å². The number of aromatic hydroxyl groups is 2. The zero-order valence-electron chi connectivity index (χ0n) is 34.1. The third-order valence-electron chi connectivity index (χ3n) is 13.2. The minimum atomic E-state index is -0.869. The highest BCUT2D eigenvalue weighted by molar-refractivity contribution is 5.84. The topological polar surface area (TPSA) is 173 Å². The second-order valence-corrected chi connectivity index (χ2v) is 17.4. The number of methoxy groups -OCH3 is 1. The Kier molecular flexibility index (Phi) is 12.6. The number of nitrogens with zero attached hydrogens (tertiary/aromatic N) is 1. The summed E-state index contributed by atoms with van der Waals surface area (Å²) >= 11 is 0. The lowest BCUT2D eigenvalue weighted by atomic mass is 9.65. The first kappa shape index (κ1) is 40.8. The van der Waals surface area contributed by atoms with Gasteiger partial charge in [-0.2, -0.15) is 0 Å². The molecule has 0 amide bonds. The first-order valence-electron chi connectivity index (χ1n) is 21.3. The molecule has 0 saturated heterocycles. The molecular formula is C47H63N3O7. The molecule has 1 heterocycles. The van der Waals surface area contributed by atoms with Crippen LogP contribution >= 0.6 is 0 Å². The molecular weight excluding hydrogens is 719 g/mol. The largest absolute Gasteiger partial charge is 0.508 e. The molecule has 3 aromatic carbocycles. The number of phenols is 2. The Hall–Kier alpha value is -4.41. The third-order valence-corrected chi connectivity index (χ3v) is 13.2. The van der Waals surface area contributed by atoms with E-state index < -0.39 is 12.2 Å². The fourth-order valence-corrected chi connectivity index (χ4v) is 10.3. The van der Waals surface area contributed by atoms with Crippen molar-refractivity contribution < 1.29 is 34.6 Å². The lowest BCUT2D eigenvalue weighted by molar-refractivity contribution is 0.0197. The number of guanidine groups is 1. The number of rotatable bonds is 13. The van der Waals surface area contributed by atoms with Crippen molar-refractivity contribution in [2.75, 3.05) is 20.3 Å². The van der Waals surface area contributed by atoms with Crippen LogP contribution in [0.5, 0.6) is 28.7 Å². The summed E-state index contributed by atoms with van der Waals surface area (Å²) in [5, 5.41) is 44.1. The lowest BCUT2D eigenvalue weighted by Crippen LogP contribution is -2.34. The molecule has 0 radical (unpaired) electrons. The Labute approximate surface area is 338 Å². The highest BCUT2D eigenvalue weighted by atomic mass is 16.5.